The van der Waals surface area contributed by atoms with Gasteiger partial charge in [0.05, 0.1) is 23.4 Å². The van der Waals surface area contributed by atoms with Gasteiger partial charge in [-0.2, -0.15) is 5.10 Å². The summed E-state index contributed by atoms with van der Waals surface area (Å²) in [5, 5.41) is 14.9. The number of nitrogens with one attached hydrogen (secondary N) is 1. The molecule has 2 aromatic rings. The molecule has 28 heavy (non-hydrogen) atoms. The van der Waals surface area contributed by atoms with Crippen molar-refractivity contribution in [3.8, 4) is 11.5 Å². The summed E-state index contributed by atoms with van der Waals surface area (Å²) in [6.07, 6.45) is 1.55. The number of nitro benzene ring substituents is 1. The molecule has 1 amide bonds. The number of amides is 1. The summed E-state index contributed by atoms with van der Waals surface area (Å²) in [5.74, 6) is 0.795. The lowest BCUT2D eigenvalue weighted by atomic mass is 10.2. The molecule has 0 heterocycles. The molecular formula is C19H22N4O5. The Morgan fingerprint density at radius 1 is 1.21 bits per heavy atom. The number of carbonyl (C=O) groups is 1. The SMILES string of the molecule is CCOc1cc(C=NNc2cccc([N+](=O)[O-])c2)ccc1OCC(=O)N(C)C. The van der Waals surface area contributed by atoms with E-state index in [9.17, 15) is 14.9 Å². The standard InChI is InChI=1S/C19H22N4O5/c1-4-27-18-10-14(8-9-17(18)28-13-19(24)22(2)3)12-20-21-15-6-5-7-16(11-15)23(25)26/h5-12,21H,4,13H2,1-3H3. The van der Waals surface area contributed by atoms with E-state index < -0.39 is 4.92 Å². The van der Waals surface area contributed by atoms with Gasteiger partial charge in [0.1, 0.15) is 0 Å². The second-order valence-electron chi connectivity index (χ2n) is 5.89. The maximum Gasteiger partial charge on any atom is 0.271 e. The second-order valence-corrected chi connectivity index (χ2v) is 5.89. The molecule has 0 saturated carbocycles. The molecule has 9 heteroatoms. The number of likely N-dealkylation sites (N-methyl/N-ethyl adjacent to an activating group) is 1. The molecule has 0 fully saturated rings. The molecule has 1 N–H and O–H groups in total. The van der Waals surface area contributed by atoms with Gasteiger partial charge in [-0.3, -0.25) is 20.3 Å². The molecule has 2 aromatic carbocycles. The van der Waals surface area contributed by atoms with E-state index >= 15 is 0 Å². The highest BCUT2D eigenvalue weighted by atomic mass is 16.6. The molecule has 0 bridgehead atoms. The zero-order valence-electron chi connectivity index (χ0n) is 15.9. The van der Waals surface area contributed by atoms with Crippen LogP contribution in [-0.2, 0) is 4.79 Å². The van der Waals surface area contributed by atoms with Crippen LogP contribution in [0.2, 0.25) is 0 Å². The minimum Gasteiger partial charge on any atom is -0.490 e. The van der Waals surface area contributed by atoms with Crippen molar-refractivity contribution in [1.29, 1.82) is 0 Å². The summed E-state index contributed by atoms with van der Waals surface area (Å²) in [6, 6.07) is 11.2. The van der Waals surface area contributed by atoms with Crippen molar-refractivity contribution >= 4 is 23.5 Å². The Balaban J connectivity index is 2.08. The van der Waals surface area contributed by atoms with Crippen LogP contribution in [0.15, 0.2) is 47.6 Å². The van der Waals surface area contributed by atoms with Crippen LogP contribution in [0.5, 0.6) is 11.5 Å². The highest BCUT2D eigenvalue weighted by Gasteiger charge is 2.10. The van der Waals surface area contributed by atoms with Crippen LogP contribution in [-0.4, -0.2) is 49.3 Å². The van der Waals surface area contributed by atoms with E-state index in [2.05, 4.69) is 10.5 Å². The zero-order chi connectivity index (χ0) is 20.5. The highest BCUT2D eigenvalue weighted by Crippen LogP contribution is 2.28. The Labute approximate surface area is 162 Å². The first kappa shape index (κ1) is 20.7. The van der Waals surface area contributed by atoms with Gasteiger partial charge in [-0.25, -0.2) is 0 Å². The summed E-state index contributed by atoms with van der Waals surface area (Å²) in [6.45, 7) is 2.19. The van der Waals surface area contributed by atoms with Crippen molar-refractivity contribution in [2.24, 2.45) is 5.10 Å². The van der Waals surface area contributed by atoms with Crippen molar-refractivity contribution in [1.82, 2.24) is 4.90 Å². The molecule has 148 valence electrons. The van der Waals surface area contributed by atoms with Gasteiger partial charge in [0.15, 0.2) is 18.1 Å². The minimum absolute atomic E-state index is 0.0207. The number of non-ortho nitro benzene ring substituents is 1. The largest absolute Gasteiger partial charge is 0.490 e. The molecule has 9 nitrogen and oxygen atoms in total. The number of hydrogen-bond acceptors (Lipinski definition) is 7. The van der Waals surface area contributed by atoms with Crippen LogP contribution >= 0.6 is 0 Å². The van der Waals surface area contributed by atoms with Gasteiger partial charge in [-0.15, -0.1) is 0 Å². The quantitative estimate of drug-likeness (QED) is 0.403. The number of benzene rings is 2. The van der Waals surface area contributed by atoms with Crippen LogP contribution in [0.1, 0.15) is 12.5 Å². The number of rotatable bonds is 9. The molecule has 0 radical (unpaired) electrons. The fraction of sp³-hybridized carbons (Fsp3) is 0.263. The van der Waals surface area contributed by atoms with Gasteiger partial charge in [0.2, 0.25) is 0 Å². The average molecular weight is 386 g/mol. The Kier molecular flexibility index (Phi) is 7.32. The van der Waals surface area contributed by atoms with Crippen molar-refractivity contribution in [2.75, 3.05) is 32.7 Å². The van der Waals surface area contributed by atoms with Crippen molar-refractivity contribution < 1.29 is 19.2 Å². The monoisotopic (exact) mass is 386 g/mol. The van der Waals surface area contributed by atoms with E-state index in [1.165, 1.54) is 17.0 Å². The van der Waals surface area contributed by atoms with Gasteiger partial charge in [-0.1, -0.05) is 6.07 Å². The highest BCUT2D eigenvalue weighted by molar-refractivity contribution is 5.82. The molecule has 0 atom stereocenters. The van der Waals surface area contributed by atoms with Crippen LogP contribution in [0.25, 0.3) is 0 Å². The van der Waals surface area contributed by atoms with Gasteiger partial charge < -0.3 is 14.4 Å². The maximum atomic E-state index is 11.7. The maximum absolute atomic E-state index is 11.7. The lowest BCUT2D eigenvalue weighted by molar-refractivity contribution is -0.384. The number of anilines is 1. The molecule has 0 saturated heterocycles. The first-order chi connectivity index (χ1) is 13.4. The number of nitro groups is 1. The van der Waals surface area contributed by atoms with E-state index in [1.54, 1.807) is 50.6 Å². The molecular weight excluding hydrogens is 364 g/mol. The Bertz CT molecular complexity index is 867. The number of hydrazone groups is 1. The molecule has 0 unspecified atom stereocenters. The summed E-state index contributed by atoms with van der Waals surface area (Å²) in [7, 11) is 3.31. The van der Waals surface area contributed by atoms with E-state index in [1.807, 2.05) is 6.92 Å². The summed E-state index contributed by atoms with van der Waals surface area (Å²) < 4.78 is 11.1. The lowest BCUT2D eigenvalue weighted by Gasteiger charge is -2.14. The van der Waals surface area contributed by atoms with Crippen LogP contribution < -0.4 is 14.9 Å². The van der Waals surface area contributed by atoms with E-state index in [-0.39, 0.29) is 18.2 Å². The Morgan fingerprint density at radius 2 is 2.00 bits per heavy atom. The molecule has 0 aliphatic heterocycles. The van der Waals surface area contributed by atoms with Crippen molar-refractivity contribution in [3.05, 3.63) is 58.1 Å². The smallest absolute Gasteiger partial charge is 0.271 e. The van der Waals surface area contributed by atoms with Crippen molar-refractivity contribution in [3.63, 3.8) is 0 Å². The second kappa shape index (κ2) is 9.91. The normalized spacial score (nSPS) is 10.5. The fourth-order valence-corrected chi connectivity index (χ4v) is 2.13. The average Bonchev–Trinajstić information content (AvgIpc) is 2.67. The van der Waals surface area contributed by atoms with Crippen LogP contribution in [0.4, 0.5) is 11.4 Å². The van der Waals surface area contributed by atoms with Gasteiger partial charge in [0.25, 0.3) is 11.6 Å². The fourth-order valence-electron chi connectivity index (χ4n) is 2.13. The Hall–Kier alpha value is -3.62. The minimum atomic E-state index is -0.469. The summed E-state index contributed by atoms with van der Waals surface area (Å²) >= 11 is 0. The molecule has 0 aromatic heterocycles. The first-order valence-corrected chi connectivity index (χ1v) is 8.54. The van der Waals surface area contributed by atoms with Crippen LogP contribution in [0.3, 0.4) is 0 Å². The number of ether oxygens (including phenoxy) is 2. The molecule has 2 rings (SSSR count). The number of hydrogen-bond donors (Lipinski definition) is 1. The topological polar surface area (TPSA) is 106 Å². The molecule has 0 aliphatic rings. The van der Waals surface area contributed by atoms with Gasteiger partial charge >= 0.3 is 0 Å². The lowest BCUT2D eigenvalue weighted by Crippen LogP contribution is -2.27. The van der Waals surface area contributed by atoms with Gasteiger partial charge in [-0.05, 0) is 36.8 Å². The van der Waals surface area contributed by atoms with E-state index in [0.29, 0.717) is 23.8 Å². The molecule has 0 aliphatic carbocycles. The third-order valence-electron chi connectivity index (χ3n) is 3.58. The number of nitrogens with zero attached hydrogens (tertiary/aromatic N) is 3. The predicted molar refractivity (Wildman–Crippen MR) is 106 cm³/mol. The van der Waals surface area contributed by atoms with Crippen molar-refractivity contribution in [2.45, 2.75) is 6.92 Å². The molecule has 0 spiro atoms. The number of carbonyl (C=O) groups excluding carboxylic acids is 1. The zero-order valence-corrected chi connectivity index (χ0v) is 15.9. The van der Waals surface area contributed by atoms with Gasteiger partial charge in [0, 0.05) is 26.2 Å². The van der Waals surface area contributed by atoms with Crippen LogP contribution in [0, 0.1) is 10.1 Å². The predicted octanol–water partition coefficient (Wildman–Crippen LogP) is 2.91. The first-order valence-electron chi connectivity index (χ1n) is 8.54. The van der Waals surface area contributed by atoms with E-state index in [4.69, 9.17) is 9.47 Å². The summed E-state index contributed by atoms with van der Waals surface area (Å²) in [4.78, 5) is 23.5. The Morgan fingerprint density at radius 3 is 2.68 bits per heavy atom. The third-order valence-corrected chi connectivity index (χ3v) is 3.58. The third kappa shape index (κ3) is 5.97. The van der Waals surface area contributed by atoms with E-state index in [0.717, 1.165) is 5.56 Å². The summed E-state index contributed by atoms with van der Waals surface area (Å²) in [5.41, 5.74) is 3.96.